The first-order valence-corrected chi connectivity index (χ1v) is 28.8. The molecule has 27 nitrogen and oxygen atoms in total. The number of benzene rings is 1. The van der Waals surface area contributed by atoms with Crippen LogP contribution in [0.3, 0.4) is 0 Å². The number of rotatable bonds is 51. The third-order valence-corrected chi connectivity index (χ3v) is 12.6. The zero-order valence-corrected chi connectivity index (χ0v) is 48.8. The molecule has 0 radical (unpaired) electrons. The molecule has 0 spiro atoms. The molecule has 2 amide bonds. The fourth-order valence-electron chi connectivity index (χ4n) is 7.38. The largest absolute Gasteiger partial charge is 0.480 e. The minimum absolute atomic E-state index is 0.0149. The van der Waals surface area contributed by atoms with E-state index in [4.69, 9.17) is 52.1 Å². The Morgan fingerprint density at radius 1 is 0.390 bits per heavy atom. The minimum atomic E-state index is -1.04. The second kappa shape index (κ2) is 51.1. The summed E-state index contributed by atoms with van der Waals surface area (Å²) in [5.74, 6) is -3.38. The van der Waals surface area contributed by atoms with Crippen LogP contribution in [0.4, 0.5) is 0 Å². The molecule has 0 atom stereocenters. The summed E-state index contributed by atoms with van der Waals surface area (Å²) in [7, 11) is 0. The van der Waals surface area contributed by atoms with E-state index in [-0.39, 0.29) is 101 Å². The highest BCUT2D eigenvalue weighted by molar-refractivity contribution is 8.13. The predicted octanol–water partition coefficient (Wildman–Crippen LogP) is -0.503. The molecule has 1 aliphatic rings. The second-order valence-corrected chi connectivity index (χ2v) is 19.7. The molecule has 470 valence electrons. The fourth-order valence-corrected chi connectivity index (χ4v) is 8.10. The first kappa shape index (κ1) is 73.8. The Labute approximate surface area is 486 Å². The van der Waals surface area contributed by atoms with Gasteiger partial charge in [0.1, 0.15) is 5.78 Å². The normalized spacial score (nSPS) is 14.3. The first-order chi connectivity index (χ1) is 39.8. The number of carboxylic acid groups (broad SMARTS) is 3. The molecule has 2 rings (SSSR count). The topological polar surface area (TPSA) is 319 Å². The molecule has 1 saturated heterocycles. The predicted molar refractivity (Wildman–Crippen MR) is 299 cm³/mol. The molecule has 1 aromatic carbocycles. The molecule has 0 aliphatic carbocycles. The van der Waals surface area contributed by atoms with Crippen molar-refractivity contribution < 1.29 is 101 Å². The van der Waals surface area contributed by atoms with Crippen molar-refractivity contribution in [1.29, 1.82) is 0 Å². The second-order valence-electron chi connectivity index (χ2n) is 18.5. The van der Waals surface area contributed by atoms with Gasteiger partial charge in [0.15, 0.2) is 5.12 Å². The number of carboxylic acids is 3. The van der Waals surface area contributed by atoms with Gasteiger partial charge in [0.05, 0.1) is 172 Å². The van der Waals surface area contributed by atoms with Gasteiger partial charge < -0.3 is 78.1 Å². The van der Waals surface area contributed by atoms with Crippen LogP contribution in [0.2, 0.25) is 0 Å². The summed E-state index contributed by atoms with van der Waals surface area (Å²) < 4.78 is 60.2. The molecular formula is C54H92N6O21S. The summed E-state index contributed by atoms with van der Waals surface area (Å²) >= 11 is 1.09. The lowest BCUT2D eigenvalue weighted by Gasteiger charge is -2.32. The van der Waals surface area contributed by atoms with E-state index >= 15 is 0 Å². The van der Waals surface area contributed by atoms with Crippen LogP contribution in [0.5, 0.6) is 0 Å². The number of aliphatic carboxylic acids is 3. The van der Waals surface area contributed by atoms with Gasteiger partial charge in [0, 0.05) is 89.6 Å². The molecule has 1 heterocycles. The van der Waals surface area contributed by atoms with Crippen molar-refractivity contribution in [2.45, 2.75) is 37.5 Å². The monoisotopic (exact) mass is 1190 g/mol. The van der Waals surface area contributed by atoms with E-state index in [0.717, 1.165) is 22.2 Å². The average Bonchev–Trinajstić information content (AvgIpc) is 3.43. The highest BCUT2D eigenvalue weighted by atomic mass is 32.2. The Hall–Kier alpha value is -4.34. The molecule has 5 N–H and O–H groups in total. The standard InChI is InChI=1S/C54H92N6O21S/c1-46(61)8-20-72-24-26-74-28-30-76-32-34-78-36-38-80-40-41-81-39-37-79-35-33-77-31-29-75-27-25-73-23-10-55-49(62)7-4-47-2-5-48(6-3-47)82-54(70)9-21-71-22-11-56-50(63)42-57-12-14-58(43-51(64)65)16-18-60(45-53(68)69)19-17-59(15-13-57)44-52(66)67/h2-3,5-6H,4,7-45H2,1H3,(H,55,62)(H,56,63)(H,64,65)(H,66,67)(H,68,69). The molecule has 0 unspecified atom stereocenters. The van der Waals surface area contributed by atoms with Crippen LogP contribution in [-0.4, -0.2) is 313 Å². The molecule has 0 bridgehead atoms. The Bertz CT molecular complexity index is 1830. The van der Waals surface area contributed by atoms with Crippen LogP contribution in [0.1, 0.15) is 31.7 Å². The van der Waals surface area contributed by atoms with Gasteiger partial charge in [-0.05, 0) is 31.0 Å². The molecule has 28 heteroatoms. The number of thioether (sulfide) groups is 1. The molecular weight excluding hydrogens is 1100 g/mol. The van der Waals surface area contributed by atoms with E-state index in [9.17, 15) is 48.9 Å². The van der Waals surface area contributed by atoms with Crippen LogP contribution in [-0.2, 0) is 92.1 Å². The third-order valence-electron chi connectivity index (χ3n) is 11.7. The van der Waals surface area contributed by atoms with Gasteiger partial charge >= 0.3 is 17.9 Å². The van der Waals surface area contributed by atoms with Gasteiger partial charge in [-0.2, -0.15) is 0 Å². The van der Waals surface area contributed by atoms with E-state index in [1.165, 1.54) is 6.92 Å². The lowest BCUT2D eigenvalue weighted by atomic mass is 10.1. The van der Waals surface area contributed by atoms with Gasteiger partial charge in [-0.15, -0.1) is 0 Å². The number of carbonyl (C=O) groups is 7. The van der Waals surface area contributed by atoms with Crippen molar-refractivity contribution in [3.05, 3.63) is 29.8 Å². The maximum absolute atomic E-state index is 12.9. The SMILES string of the molecule is CC(=O)CCOCCOCCOCCOCCOCCOCCOCCOCCOCCOCCNC(=O)CCc1ccc(SC(=O)CCOCCNC(=O)CN2CCN(CC(=O)O)CCN(CC(=O)O)CCN(CC(=O)O)CC2)cc1. The molecule has 0 saturated carbocycles. The van der Waals surface area contributed by atoms with E-state index in [0.29, 0.717) is 184 Å². The summed E-state index contributed by atoms with van der Waals surface area (Å²) in [6.45, 7) is 12.9. The molecule has 1 aliphatic heterocycles. The van der Waals surface area contributed by atoms with E-state index in [1.54, 1.807) is 14.7 Å². The summed E-state index contributed by atoms with van der Waals surface area (Å²) in [6, 6.07) is 7.45. The molecule has 0 aromatic heterocycles. The lowest BCUT2D eigenvalue weighted by molar-refractivity contribution is -0.140. The average molecular weight is 1190 g/mol. The smallest absolute Gasteiger partial charge is 0.317 e. The van der Waals surface area contributed by atoms with Crippen LogP contribution in [0.25, 0.3) is 0 Å². The van der Waals surface area contributed by atoms with Crippen LogP contribution < -0.4 is 10.6 Å². The van der Waals surface area contributed by atoms with Gasteiger partial charge in [0.2, 0.25) is 11.8 Å². The maximum atomic E-state index is 12.9. The van der Waals surface area contributed by atoms with Crippen LogP contribution in [0.15, 0.2) is 29.2 Å². The number of ketones is 1. The summed E-state index contributed by atoms with van der Waals surface area (Å²) in [5, 5.41) is 33.8. The van der Waals surface area contributed by atoms with Crippen molar-refractivity contribution >= 4 is 52.4 Å². The quantitative estimate of drug-likeness (QED) is 0.0406. The number of hydrogen-bond acceptors (Lipinski definition) is 23. The number of aryl methyl sites for hydroxylation is 1. The molecule has 1 aromatic rings. The van der Waals surface area contributed by atoms with Crippen molar-refractivity contribution in [3.8, 4) is 0 Å². The highest BCUT2D eigenvalue weighted by Crippen LogP contribution is 2.21. The maximum Gasteiger partial charge on any atom is 0.317 e. The van der Waals surface area contributed by atoms with Gasteiger partial charge in [-0.25, -0.2) is 0 Å². The summed E-state index contributed by atoms with van der Waals surface area (Å²) in [5.41, 5.74) is 0.958. The summed E-state index contributed by atoms with van der Waals surface area (Å²) in [4.78, 5) is 90.9. The minimum Gasteiger partial charge on any atom is -0.480 e. The van der Waals surface area contributed by atoms with Crippen molar-refractivity contribution in [1.82, 2.24) is 30.2 Å². The number of carbonyl (C=O) groups excluding carboxylic acids is 4. The number of ether oxygens (including phenoxy) is 11. The van der Waals surface area contributed by atoms with Crippen molar-refractivity contribution in [3.63, 3.8) is 0 Å². The third kappa shape index (κ3) is 46.1. The zero-order chi connectivity index (χ0) is 59.5. The Morgan fingerprint density at radius 3 is 1.02 bits per heavy atom. The van der Waals surface area contributed by atoms with E-state index < -0.39 is 17.9 Å². The lowest BCUT2D eigenvalue weighted by Crippen LogP contribution is -2.50. The van der Waals surface area contributed by atoms with E-state index in [1.807, 2.05) is 29.2 Å². The number of amides is 2. The Kier molecular flexibility index (Phi) is 46.0. The van der Waals surface area contributed by atoms with Crippen molar-refractivity contribution in [2.24, 2.45) is 0 Å². The fraction of sp³-hybridized carbons (Fsp3) is 0.759. The van der Waals surface area contributed by atoms with Gasteiger partial charge in [0.25, 0.3) is 0 Å². The Balaban J connectivity index is 1.39. The first-order valence-electron chi connectivity index (χ1n) is 28.0. The van der Waals surface area contributed by atoms with Gasteiger partial charge in [-0.1, -0.05) is 23.9 Å². The van der Waals surface area contributed by atoms with Crippen molar-refractivity contribution in [2.75, 3.05) is 237 Å². The van der Waals surface area contributed by atoms with Gasteiger partial charge in [-0.3, -0.25) is 53.2 Å². The number of nitrogens with one attached hydrogen (secondary N) is 2. The molecule has 82 heavy (non-hydrogen) atoms. The van der Waals surface area contributed by atoms with Crippen LogP contribution in [0, 0.1) is 0 Å². The Morgan fingerprint density at radius 2 is 0.683 bits per heavy atom. The number of hydrogen-bond donors (Lipinski definition) is 5. The van der Waals surface area contributed by atoms with Crippen LogP contribution >= 0.6 is 11.8 Å². The highest BCUT2D eigenvalue weighted by Gasteiger charge is 2.21. The zero-order valence-electron chi connectivity index (χ0n) is 48.0. The number of nitrogens with zero attached hydrogens (tertiary/aromatic N) is 4. The summed E-state index contributed by atoms with van der Waals surface area (Å²) in [6.07, 6.45) is 1.42. The molecule has 1 fully saturated rings. The van der Waals surface area contributed by atoms with E-state index in [2.05, 4.69) is 10.6 Å². The number of Topliss-reactive ketones (excluding diaryl/α,β-unsaturated/α-hetero) is 1.